The molecule has 0 bridgehead atoms. The average molecular weight is 457 g/mol. The highest BCUT2D eigenvalue weighted by atomic mass is 32.1. The van der Waals surface area contributed by atoms with Crippen LogP contribution < -0.4 is 16.0 Å². The van der Waals surface area contributed by atoms with Gasteiger partial charge in [-0.2, -0.15) is 4.98 Å². The van der Waals surface area contributed by atoms with Crippen LogP contribution in [0.15, 0.2) is 54.9 Å². The molecule has 1 aliphatic rings. The molecule has 166 valence electrons. The maximum absolute atomic E-state index is 5.65. The Morgan fingerprint density at radius 2 is 2.00 bits per heavy atom. The minimum Gasteiger partial charge on any atom is -0.377 e. The number of terminal acetylenes is 1. The van der Waals surface area contributed by atoms with Crippen molar-refractivity contribution in [2.24, 2.45) is 0 Å². The number of hydrogen-bond acceptors (Lipinski definition) is 8. The van der Waals surface area contributed by atoms with E-state index in [1.54, 1.807) is 0 Å². The van der Waals surface area contributed by atoms with Crippen LogP contribution in [-0.4, -0.2) is 34.2 Å². The maximum Gasteiger partial charge on any atom is 0.189 e. The van der Waals surface area contributed by atoms with Gasteiger partial charge in [0, 0.05) is 36.6 Å². The number of nitrogens with one attached hydrogen (secondary N) is 3. The first-order chi connectivity index (χ1) is 16.3. The molecule has 7 nitrogen and oxygen atoms in total. The van der Waals surface area contributed by atoms with Gasteiger partial charge in [-0.1, -0.05) is 35.5 Å². The van der Waals surface area contributed by atoms with Crippen molar-refractivity contribution in [3.63, 3.8) is 0 Å². The van der Waals surface area contributed by atoms with Gasteiger partial charge >= 0.3 is 0 Å². The number of fused-ring (bicyclic) bond motifs is 1. The number of hydrogen-bond donors (Lipinski definition) is 3. The average Bonchev–Trinajstić information content (AvgIpc) is 3.50. The van der Waals surface area contributed by atoms with Crippen LogP contribution in [0.2, 0.25) is 0 Å². The first-order valence-corrected chi connectivity index (χ1v) is 11.7. The molecular formula is C25H24N6OS. The Labute approximate surface area is 196 Å². The zero-order valence-corrected chi connectivity index (χ0v) is 18.9. The molecular weight excluding hydrogens is 432 g/mol. The van der Waals surface area contributed by atoms with Gasteiger partial charge < -0.3 is 20.7 Å². The highest BCUT2D eigenvalue weighted by molar-refractivity contribution is 7.22. The molecule has 1 saturated heterocycles. The van der Waals surface area contributed by atoms with E-state index in [0.29, 0.717) is 17.6 Å². The molecule has 0 amide bonds. The Balaban J connectivity index is 1.24. The van der Waals surface area contributed by atoms with Crippen LogP contribution in [-0.2, 0) is 11.3 Å². The molecule has 1 aliphatic heterocycles. The van der Waals surface area contributed by atoms with Crippen molar-refractivity contribution in [3.8, 4) is 12.3 Å². The van der Waals surface area contributed by atoms with E-state index in [1.807, 2.05) is 24.3 Å². The van der Waals surface area contributed by atoms with Gasteiger partial charge in [-0.25, -0.2) is 9.97 Å². The third-order valence-corrected chi connectivity index (χ3v) is 6.38. The molecule has 3 N–H and O–H groups in total. The molecule has 2 aromatic heterocycles. The molecule has 0 aliphatic carbocycles. The number of rotatable bonds is 8. The fraction of sp³-hybridized carbons (Fsp3) is 0.240. The summed E-state index contributed by atoms with van der Waals surface area (Å²) in [7, 11) is 0. The Morgan fingerprint density at radius 1 is 1.09 bits per heavy atom. The molecule has 1 fully saturated rings. The Hall–Kier alpha value is -3.51. The number of anilines is 4. The lowest BCUT2D eigenvalue weighted by atomic mass is 10.2. The van der Waals surface area contributed by atoms with Crippen LogP contribution in [0.3, 0.4) is 0 Å². The molecule has 3 heterocycles. The van der Waals surface area contributed by atoms with Crippen LogP contribution in [0.4, 0.5) is 22.3 Å². The van der Waals surface area contributed by atoms with E-state index in [9.17, 15) is 0 Å². The normalized spacial score (nSPS) is 15.4. The minimum absolute atomic E-state index is 0.355. The van der Waals surface area contributed by atoms with Crippen molar-refractivity contribution in [3.05, 3.63) is 66.0 Å². The summed E-state index contributed by atoms with van der Waals surface area (Å²) >= 11 is 1.50. The van der Waals surface area contributed by atoms with Gasteiger partial charge in [-0.3, -0.25) is 0 Å². The Kier molecular flexibility index (Phi) is 6.44. The molecule has 0 unspecified atom stereocenters. The Morgan fingerprint density at radius 3 is 2.82 bits per heavy atom. The summed E-state index contributed by atoms with van der Waals surface area (Å²) in [6.07, 6.45) is 9.69. The van der Waals surface area contributed by atoms with Crippen molar-refractivity contribution in [2.75, 3.05) is 23.8 Å². The molecule has 8 heteroatoms. The van der Waals surface area contributed by atoms with Crippen molar-refractivity contribution >= 4 is 44.0 Å². The van der Waals surface area contributed by atoms with Crippen LogP contribution in [0.25, 0.3) is 10.3 Å². The highest BCUT2D eigenvalue weighted by Gasteiger charge is 2.14. The molecule has 5 rings (SSSR count). The first-order valence-electron chi connectivity index (χ1n) is 10.9. The van der Waals surface area contributed by atoms with Crippen molar-refractivity contribution < 1.29 is 4.74 Å². The lowest BCUT2D eigenvalue weighted by Crippen LogP contribution is -2.25. The van der Waals surface area contributed by atoms with Crippen LogP contribution in [0, 0.1) is 12.3 Å². The fourth-order valence-corrected chi connectivity index (χ4v) is 4.62. The van der Waals surface area contributed by atoms with Gasteiger partial charge in [0.2, 0.25) is 0 Å². The topological polar surface area (TPSA) is 84.0 Å². The third-order valence-electron chi connectivity index (χ3n) is 5.41. The smallest absolute Gasteiger partial charge is 0.189 e. The molecule has 1 atom stereocenters. The second-order valence-corrected chi connectivity index (χ2v) is 8.83. The summed E-state index contributed by atoms with van der Waals surface area (Å²) in [4.78, 5) is 13.3. The van der Waals surface area contributed by atoms with E-state index in [2.05, 4.69) is 61.1 Å². The molecule has 0 radical (unpaired) electrons. The number of aromatic nitrogens is 3. The van der Waals surface area contributed by atoms with Crippen LogP contribution in [0.5, 0.6) is 0 Å². The summed E-state index contributed by atoms with van der Waals surface area (Å²) < 4.78 is 6.53. The highest BCUT2D eigenvalue weighted by Crippen LogP contribution is 2.32. The SMILES string of the molecule is C#Cc1cccc(Nc2ncnc3nc(Nc4ccc(CNC[C@H]5CCCO5)cc4)sc23)c1. The van der Waals surface area contributed by atoms with Gasteiger partial charge in [-0.05, 0) is 48.7 Å². The van der Waals surface area contributed by atoms with Gasteiger partial charge in [0.25, 0.3) is 0 Å². The lowest BCUT2D eigenvalue weighted by Gasteiger charge is -2.11. The summed E-state index contributed by atoms with van der Waals surface area (Å²) in [6.45, 7) is 2.61. The quantitative estimate of drug-likeness (QED) is 0.328. The van der Waals surface area contributed by atoms with Gasteiger partial charge in [0.05, 0.1) is 6.10 Å². The summed E-state index contributed by atoms with van der Waals surface area (Å²) in [5.41, 5.74) is 4.53. The van der Waals surface area contributed by atoms with Crippen molar-refractivity contribution in [2.45, 2.75) is 25.5 Å². The zero-order valence-electron chi connectivity index (χ0n) is 18.0. The number of nitrogens with zero attached hydrogens (tertiary/aromatic N) is 3. The summed E-state index contributed by atoms with van der Waals surface area (Å²) in [6, 6.07) is 16.0. The van der Waals surface area contributed by atoms with E-state index < -0.39 is 0 Å². The van der Waals surface area contributed by atoms with E-state index in [-0.39, 0.29) is 0 Å². The lowest BCUT2D eigenvalue weighted by molar-refractivity contribution is 0.110. The zero-order chi connectivity index (χ0) is 22.5. The predicted octanol–water partition coefficient (Wildman–Crippen LogP) is 4.82. The van der Waals surface area contributed by atoms with Crippen LogP contribution >= 0.6 is 11.3 Å². The fourth-order valence-electron chi connectivity index (χ4n) is 3.73. The molecule has 4 aromatic rings. The maximum atomic E-state index is 5.65. The summed E-state index contributed by atoms with van der Waals surface area (Å²) in [5.74, 6) is 3.35. The summed E-state index contributed by atoms with van der Waals surface area (Å²) in [5, 5.41) is 10.9. The van der Waals surface area contributed by atoms with Gasteiger partial charge in [-0.15, -0.1) is 6.42 Å². The van der Waals surface area contributed by atoms with E-state index in [0.717, 1.165) is 52.9 Å². The number of ether oxygens (including phenoxy) is 1. The van der Waals surface area contributed by atoms with E-state index >= 15 is 0 Å². The largest absolute Gasteiger partial charge is 0.377 e. The molecule has 0 saturated carbocycles. The number of thiazole rings is 1. The second-order valence-electron chi connectivity index (χ2n) is 7.83. The predicted molar refractivity (Wildman–Crippen MR) is 133 cm³/mol. The monoisotopic (exact) mass is 456 g/mol. The van der Waals surface area contributed by atoms with Crippen molar-refractivity contribution in [1.82, 2.24) is 20.3 Å². The van der Waals surface area contributed by atoms with E-state index in [4.69, 9.17) is 11.2 Å². The third kappa shape index (κ3) is 5.29. The van der Waals surface area contributed by atoms with Gasteiger partial charge in [0.15, 0.2) is 16.6 Å². The number of benzene rings is 2. The second kappa shape index (κ2) is 9.96. The Bertz CT molecular complexity index is 1270. The molecule has 2 aromatic carbocycles. The van der Waals surface area contributed by atoms with Crippen LogP contribution in [0.1, 0.15) is 24.0 Å². The molecule has 33 heavy (non-hydrogen) atoms. The minimum atomic E-state index is 0.355. The van der Waals surface area contributed by atoms with Gasteiger partial charge in [0.1, 0.15) is 11.0 Å². The standard InChI is InChI=1S/C25H24N6OS/c1-2-17-5-3-6-20(13-17)29-23-22-24(28-16-27-23)31-25(33-22)30-19-10-8-18(9-11-19)14-26-15-21-7-4-12-32-21/h1,3,5-6,8-11,13,16,21,26H,4,7,12,14-15H2,(H2,27,28,29,30,31)/t21-/m1/s1. The van der Waals surface area contributed by atoms with Crippen molar-refractivity contribution in [1.29, 1.82) is 0 Å². The van der Waals surface area contributed by atoms with E-state index in [1.165, 1.54) is 29.6 Å². The first kappa shape index (κ1) is 21.3. The molecule has 0 spiro atoms.